The van der Waals surface area contributed by atoms with Gasteiger partial charge in [0.15, 0.2) is 11.5 Å². The summed E-state index contributed by atoms with van der Waals surface area (Å²) in [5, 5.41) is 9.65. The maximum atomic E-state index is 9.65. The number of hydrogen-bond acceptors (Lipinski definition) is 4. The van der Waals surface area contributed by atoms with E-state index in [0.29, 0.717) is 12.4 Å². The first-order chi connectivity index (χ1) is 11.6. The molecule has 2 atom stereocenters. The molecule has 2 aromatic rings. The molecule has 126 valence electrons. The van der Waals surface area contributed by atoms with E-state index in [-0.39, 0.29) is 18.0 Å². The summed E-state index contributed by atoms with van der Waals surface area (Å²) in [7, 11) is 1.53. The zero-order valence-electron chi connectivity index (χ0n) is 14.2. The van der Waals surface area contributed by atoms with Crippen LogP contribution in [0, 0.1) is 0 Å². The standard InChI is InChI=1S/C20H22O4/c1-4-5-14-7-9-18-16(10-14)13(2)20(24-18)23-12-15-6-8-17(21)19(11-15)22-3/h4-11,13,20-21H,12H2,1-3H3/b5-4+/t13-,20-/m0/s1. The fourth-order valence-corrected chi connectivity index (χ4v) is 2.87. The normalized spacial score (nSPS) is 19.3. The fraction of sp³-hybridized carbons (Fsp3) is 0.300. The Bertz CT molecular complexity index is 751. The van der Waals surface area contributed by atoms with E-state index in [1.807, 2.05) is 31.2 Å². The number of phenols is 1. The van der Waals surface area contributed by atoms with Crippen molar-refractivity contribution in [1.82, 2.24) is 0 Å². The Morgan fingerprint density at radius 2 is 2.04 bits per heavy atom. The van der Waals surface area contributed by atoms with Gasteiger partial charge in [0, 0.05) is 11.5 Å². The van der Waals surface area contributed by atoms with Crippen LogP contribution in [0.5, 0.6) is 17.2 Å². The molecule has 0 saturated heterocycles. The van der Waals surface area contributed by atoms with Crippen LogP contribution < -0.4 is 9.47 Å². The van der Waals surface area contributed by atoms with E-state index in [2.05, 4.69) is 19.1 Å². The van der Waals surface area contributed by atoms with Gasteiger partial charge in [-0.3, -0.25) is 0 Å². The number of fused-ring (bicyclic) bond motifs is 1. The van der Waals surface area contributed by atoms with Gasteiger partial charge in [0.1, 0.15) is 5.75 Å². The van der Waals surface area contributed by atoms with Gasteiger partial charge in [0.05, 0.1) is 13.7 Å². The topological polar surface area (TPSA) is 47.9 Å². The third kappa shape index (κ3) is 3.24. The molecule has 3 rings (SSSR count). The minimum Gasteiger partial charge on any atom is -0.504 e. The zero-order chi connectivity index (χ0) is 17.1. The van der Waals surface area contributed by atoms with Crippen molar-refractivity contribution in [2.45, 2.75) is 32.7 Å². The fourth-order valence-electron chi connectivity index (χ4n) is 2.87. The Kier molecular flexibility index (Phi) is 4.76. The molecule has 0 bridgehead atoms. The molecule has 1 N–H and O–H groups in total. The average Bonchev–Trinajstić information content (AvgIpc) is 2.90. The number of hydrogen-bond donors (Lipinski definition) is 1. The predicted molar refractivity (Wildman–Crippen MR) is 93.4 cm³/mol. The number of rotatable bonds is 5. The Balaban J connectivity index is 1.69. The van der Waals surface area contributed by atoms with E-state index in [4.69, 9.17) is 14.2 Å². The third-order valence-corrected chi connectivity index (χ3v) is 4.19. The molecule has 1 aliphatic heterocycles. The lowest BCUT2D eigenvalue weighted by Crippen LogP contribution is -2.20. The van der Waals surface area contributed by atoms with Gasteiger partial charge in [-0.25, -0.2) is 0 Å². The smallest absolute Gasteiger partial charge is 0.206 e. The number of allylic oxidation sites excluding steroid dienone is 1. The van der Waals surface area contributed by atoms with Crippen LogP contribution >= 0.6 is 0 Å². The molecule has 2 aromatic carbocycles. The summed E-state index contributed by atoms with van der Waals surface area (Å²) < 4.78 is 17.0. The molecule has 24 heavy (non-hydrogen) atoms. The molecule has 0 spiro atoms. The summed E-state index contributed by atoms with van der Waals surface area (Å²) in [6.45, 7) is 4.50. The van der Waals surface area contributed by atoms with E-state index in [0.717, 1.165) is 16.9 Å². The molecule has 4 nitrogen and oxygen atoms in total. The van der Waals surface area contributed by atoms with Crippen LogP contribution in [0.15, 0.2) is 42.5 Å². The van der Waals surface area contributed by atoms with Crippen LogP contribution in [0.3, 0.4) is 0 Å². The lowest BCUT2D eigenvalue weighted by Gasteiger charge is -2.16. The van der Waals surface area contributed by atoms with Crippen molar-refractivity contribution in [2.24, 2.45) is 0 Å². The largest absolute Gasteiger partial charge is 0.504 e. The average molecular weight is 326 g/mol. The van der Waals surface area contributed by atoms with E-state index in [1.165, 1.54) is 12.7 Å². The van der Waals surface area contributed by atoms with Crippen molar-refractivity contribution in [2.75, 3.05) is 7.11 Å². The minimum absolute atomic E-state index is 0.121. The number of ether oxygens (including phenoxy) is 3. The maximum absolute atomic E-state index is 9.65. The Morgan fingerprint density at radius 1 is 1.21 bits per heavy atom. The highest BCUT2D eigenvalue weighted by atomic mass is 16.7. The SMILES string of the molecule is C/C=C/c1ccc2c(c1)[C@H](C)[C@@H](OCc1ccc(O)c(OC)c1)O2. The van der Waals surface area contributed by atoms with Gasteiger partial charge in [0.25, 0.3) is 0 Å². The second-order valence-electron chi connectivity index (χ2n) is 5.89. The molecule has 0 aromatic heterocycles. The lowest BCUT2D eigenvalue weighted by atomic mass is 10.00. The number of phenolic OH excluding ortho intramolecular Hbond substituents is 1. The van der Waals surface area contributed by atoms with Crippen LogP contribution in [-0.4, -0.2) is 18.5 Å². The van der Waals surface area contributed by atoms with E-state index in [9.17, 15) is 5.11 Å². The highest BCUT2D eigenvalue weighted by Crippen LogP contribution is 2.39. The van der Waals surface area contributed by atoms with Crippen molar-refractivity contribution in [3.63, 3.8) is 0 Å². The highest BCUT2D eigenvalue weighted by Gasteiger charge is 2.31. The number of benzene rings is 2. The van der Waals surface area contributed by atoms with Crippen LogP contribution in [0.2, 0.25) is 0 Å². The summed E-state index contributed by atoms with van der Waals surface area (Å²) in [5.41, 5.74) is 3.25. The minimum atomic E-state index is -0.319. The maximum Gasteiger partial charge on any atom is 0.206 e. The monoisotopic (exact) mass is 326 g/mol. The van der Waals surface area contributed by atoms with Crippen molar-refractivity contribution in [3.05, 3.63) is 59.2 Å². The summed E-state index contributed by atoms with van der Waals surface area (Å²) in [5.74, 6) is 1.60. The van der Waals surface area contributed by atoms with Crippen LogP contribution in [0.4, 0.5) is 0 Å². The van der Waals surface area contributed by atoms with E-state index in [1.54, 1.807) is 12.1 Å². The summed E-state index contributed by atoms with van der Waals surface area (Å²) in [6.07, 6.45) is 3.78. The second-order valence-corrected chi connectivity index (χ2v) is 5.89. The van der Waals surface area contributed by atoms with Gasteiger partial charge in [-0.1, -0.05) is 31.2 Å². The molecule has 4 heteroatoms. The molecular weight excluding hydrogens is 304 g/mol. The Hall–Kier alpha value is -2.46. The van der Waals surface area contributed by atoms with Gasteiger partial charge in [-0.15, -0.1) is 0 Å². The zero-order valence-corrected chi connectivity index (χ0v) is 14.2. The molecule has 1 aliphatic rings. The van der Waals surface area contributed by atoms with Crippen LogP contribution in [0.1, 0.15) is 36.5 Å². The van der Waals surface area contributed by atoms with Crippen molar-refractivity contribution >= 4 is 6.08 Å². The Morgan fingerprint density at radius 3 is 2.79 bits per heavy atom. The third-order valence-electron chi connectivity index (χ3n) is 4.19. The lowest BCUT2D eigenvalue weighted by molar-refractivity contribution is -0.0876. The van der Waals surface area contributed by atoms with Crippen molar-refractivity contribution < 1.29 is 19.3 Å². The van der Waals surface area contributed by atoms with Gasteiger partial charge < -0.3 is 19.3 Å². The molecule has 0 radical (unpaired) electrons. The quantitative estimate of drug-likeness (QED) is 0.880. The molecule has 0 fully saturated rings. The van der Waals surface area contributed by atoms with Gasteiger partial charge in [-0.05, 0) is 42.3 Å². The first-order valence-corrected chi connectivity index (χ1v) is 8.03. The molecule has 0 amide bonds. The molecule has 0 aliphatic carbocycles. The van der Waals surface area contributed by atoms with Crippen molar-refractivity contribution in [1.29, 1.82) is 0 Å². The molecule has 0 saturated carbocycles. The molecule has 0 unspecified atom stereocenters. The summed E-state index contributed by atoms with van der Waals surface area (Å²) in [4.78, 5) is 0. The molecule has 1 heterocycles. The first kappa shape index (κ1) is 16.4. The van der Waals surface area contributed by atoms with Crippen LogP contribution in [-0.2, 0) is 11.3 Å². The molecular formula is C20H22O4. The van der Waals surface area contributed by atoms with E-state index < -0.39 is 0 Å². The van der Waals surface area contributed by atoms with Gasteiger partial charge in [-0.2, -0.15) is 0 Å². The highest BCUT2D eigenvalue weighted by molar-refractivity contribution is 5.55. The second kappa shape index (κ2) is 6.97. The number of aromatic hydroxyl groups is 1. The van der Waals surface area contributed by atoms with Crippen molar-refractivity contribution in [3.8, 4) is 17.2 Å². The van der Waals surface area contributed by atoms with E-state index >= 15 is 0 Å². The Labute approximate surface area is 142 Å². The first-order valence-electron chi connectivity index (χ1n) is 8.03. The summed E-state index contributed by atoms with van der Waals surface area (Å²) in [6, 6.07) is 11.4. The van der Waals surface area contributed by atoms with Gasteiger partial charge >= 0.3 is 0 Å². The van der Waals surface area contributed by atoms with Gasteiger partial charge in [0.2, 0.25) is 6.29 Å². The number of methoxy groups -OCH3 is 1. The predicted octanol–water partition coefficient (Wildman–Crippen LogP) is 4.47. The summed E-state index contributed by atoms with van der Waals surface area (Å²) >= 11 is 0. The van der Waals surface area contributed by atoms with Crippen LogP contribution in [0.25, 0.3) is 6.08 Å².